The van der Waals surface area contributed by atoms with Crippen LogP contribution in [0.25, 0.3) is 49.7 Å². The molecule has 302 valence electrons. The first-order valence-corrected chi connectivity index (χ1v) is 21.6. The van der Waals surface area contributed by atoms with E-state index in [1.807, 2.05) is 37.4 Å². The molecular weight excluding hydrogens is 741 g/mol. The Morgan fingerprint density at radius 1 is 0.787 bits per heavy atom. The molecule has 0 radical (unpaired) electrons. The van der Waals surface area contributed by atoms with E-state index in [-0.39, 0.29) is 5.92 Å². The summed E-state index contributed by atoms with van der Waals surface area (Å²) >= 11 is 0. The molecule has 1 aromatic heterocycles. The fourth-order valence-corrected chi connectivity index (χ4v) is 9.42. The van der Waals surface area contributed by atoms with Crippen LogP contribution in [-0.4, -0.2) is 31.4 Å². The highest BCUT2D eigenvalue weighted by Crippen LogP contribution is 2.53. The van der Waals surface area contributed by atoms with Crippen molar-refractivity contribution in [2.75, 3.05) is 37.0 Å². The van der Waals surface area contributed by atoms with E-state index in [1.54, 1.807) is 6.08 Å². The Morgan fingerprint density at radius 3 is 2.38 bits per heavy atom. The molecule has 0 spiro atoms. The largest absolute Gasteiger partial charge is 0.366 e. The topological polar surface area (TPSA) is 32.2 Å². The van der Waals surface area contributed by atoms with E-state index in [2.05, 4.69) is 186 Å². The summed E-state index contributed by atoms with van der Waals surface area (Å²) in [5.41, 5.74) is 21.7. The number of rotatable bonds is 10. The van der Waals surface area contributed by atoms with Crippen molar-refractivity contribution >= 4 is 44.2 Å². The van der Waals surface area contributed by atoms with E-state index in [0.29, 0.717) is 5.92 Å². The molecule has 0 amide bonds. The predicted octanol–water partition coefficient (Wildman–Crippen LogP) is 13.1. The number of anilines is 1. The number of para-hydroxylation sites is 1. The molecule has 2 atom stereocenters. The molecule has 4 heteroatoms. The Hall–Kier alpha value is -6.88. The molecule has 1 aliphatic heterocycles. The number of hydrogen-bond acceptors (Lipinski definition) is 3. The van der Waals surface area contributed by atoms with Crippen LogP contribution in [0.2, 0.25) is 0 Å². The summed E-state index contributed by atoms with van der Waals surface area (Å²) in [6.45, 7) is 14.2. The predicted molar refractivity (Wildman–Crippen MR) is 263 cm³/mol. The highest BCUT2D eigenvalue weighted by Gasteiger charge is 2.37. The lowest BCUT2D eigenvalue weighted by Gasteiger charge is -2.25. The molecule has 2 N–H and O–H groups in total. The van der Waals surface area contributed by atoms with Gasteiger partial charge in [-0.1, -0.05) is 170 Å². The zero-order valence-corrected chi connectivity index (χ0v) is 35.3. The minimum absolute atomic E-state index is 0.179. The summed E-state index contributed by atoms with van der Waals surface area (Å²) < 4.78 is 2.24. The first kappa shape index (κ1) is 39.6. The van der Waals surface area contributed by atoms with Crippen molar-refractivity contribution in [3.8, 4) is 11.1 Å². The average molecular weight is 795 g/mol. The second-order valence-corrected chi connectivity index (χ2v) is 16.4. The first-order chi connectivity index (χ1) is 30.0. The number of allylic oxidation sites excluding steroid dienone is 13. The summed E-state index contributed by atoms with van der Waals surface area (Å²) in [6.07, 6.45) is 24.9. The minimum Gasteiger partial charge on any atom is -0.366 e. The molecule has 2 unspecified atom stereocenters. The second-order valence-electron chi connectivity index (χ2n) is 16.4. The third-order valence-corrected chi connectivity index (χ3v) is 12.4. The highest BCUT2D eigenvalue weighted by molar-refractivity contribution is 6.10. The summed E-state index contributed by atoms with van der Waals surface area (Å²) in [5, 5.41) is 5.58. The number of nitrogens with zero attached hydrogens (tertiary/aromatic N) is 2. The van der Waals surface area contributed by atoms with Gasteiger partial charge in [-0.2, -0.15) is 0 Å². The van der Waals surface area contributed by atoms with Crippen LogP contribution < -0.4 is 15.6 Å². The van der Waals surface area contributed by atoms with Crippen LogP contribution in [0.3, 0.4) is 0 Å². The molecule has 0 fully saturated rings. The van der Waals surface area contributed by atoms with Crippen LogP contribution in [0.5, 0.6) is 0 Å². The summed E-state index contributed by atoms with van der Waals surface area (Å²) in [4.78, 5) is 2.61. The first-order valence-electron chi connectivity index (χ1n) is 21.6. The van der Waals surface area contributed by atoms with Gasteiger partial charge < -0.3 is 15.6 Å². The molecule has 3 aliphatic carbocycles. The van der Waals surface area contributed by atoms with Gasteiger partial charge in [-0.05, 0) is 107 Å². The van der Waals surface area contributed by atoms with Gasteiger partial charge in [0.15, 0.2) is 0 Å². The Bertz CT molecular complexity index is 2850. The van der Waals surface area contributed by atoms with Gasteiger partial charge in [0.05, 0.1) is 17.6 Å². The van der Waals surface area contributed by atoms with E-state index < -0.39 is 0 Å². The number of fused-ring (bicyclic) bond motifs is 7. The van der Waals surface area contributed by atoms with Crippen LogP contribution >= 0.6 is 0 Å². The van der Waals surface area contributed by atoms with Crippen molar-refractivity contribution in [3.63, 3.8) is 0 Å². The zero-order valence-electron chi connectivity index (χ0n) is 35.3. The molecule has 4 nitrogen and oxygen atoms in total. The number of benzene rings is 5. The van der Waals surface area contributed by atoms with Gasteiger partial charge >= 0.3 is 0 Å². The van der Waals surface area contributed by atoms with Crippen LogP contribution in [-0.2, 0) is 6.54 Å². The summed E-state index contributed by atoms with van der Waals surface area (Å²) in [6, 6.07) is 41.9. The molecule has 61 heavy (non-hydrogen) atoms. The molecule has 4 aliphatic rings. The Balaban J connectivity index is 0.000000472. The van der Waals surface area contributed by atoms with E-state index in [1.165, 1.54) is 88.7 Å². The normalized spacial score (nSPS) is 18.9. The maximum absolute atomic E-state index is 4.67. The SMILES string of the molecule is C=C/C=C\C=C(\C)CNn1c2ccccc2c2cc(-c3ccc4c(c3)/C(=C3\C=CC=C5c6ccccc6C(=C)C53)CN4CC3C=CC=CC3)ccc21.CNCc1ccccc1. The standard InChI is InChI=1S/C49H43N3.C8H11N/c1-4-5-7-15-33(2)30-50-52-47-23-13-12-20-40(47)43-28-37(25-27-48(43)52)36-24-26-46-44(29-36)45(32-51(46)31-35-16-8-6-9-17-35)42-22-14-21-41-39-19-11-10-18-38(39)34(3)49(41)42;1-9-7-8-5-3-2-4-6-8/h4-16,18-29,35,49-50H,1,3,17,30-32H2,2H3;2-6,9H,7H2,1H3/b7-5-,33-15-,45-42+;. The lowest BCUT2D eigenvalue weighted by atomic mass is 9.81. The summed E-state index contributed by atoms with van der Waals surface area (Å²) in [7, 11) is 1.95. The highest BCUT2D eigenvalue weighted by atomic mass is 15.4. The molecule has 0 saturated heterocycles. The Labute approximate surface area is 361 Å². The van der Waals surface area contributed by atoms with E-state index in [9.17, 15) is 0 Å². The van der Waals surface area contributed by atoms with Gasteiger partial charge in [-0.25, -0.2) is 0 Å². The monoisotopic (exact) mass is 794 g/mol. The maximum Gasteiger partial charge on any atom is 0.0706 e. The lowest BCUT2D eigenvalue weighted by molar-refractivity contribution is 0.638. The lowest BCUT2D eigenvalue weighted by Crippen LogP contribution is -2.27. The molecule has 0 saturated carbocycles. The van der Waals surface area contributed by atoms with Crippen LogP contribution in [0, 0.1) is 11.8 Å². The number of nitrogens with one attached hydrogen (secondary N) is 2. The van der Waals surface area contributed by atoms with Gasteiger partial charge in [0, 0.05) is 47.6 Å². The van der Waals surface area contributed by atoms with Gasteiger partial charge in [0.2, 0.25) is 0 Å². The molecule has 6 aromatic rings. The van der Waals surface area contributed by atoms with E-state index in [4.69, 9.17) is 0 Å². The number of aromatic nitrogens is 1. The van der Waals surface area contributed by atoms with Crippen molar-refractivity contribution in [2.45, 2.75) is 19.9 Å². The molecule has 10 rings (SSSR count). The van der Waals surface area contributed by atoms with Crippen LogP contribution in [0.4, 0.5) is 5.69 Å². The maximum atomic E-state index is 4.67. The van der Waals surface area contributed by atoms with Crippen molar-refractivity contribution in [3.05, 3.63) is 229 Å². The molecule has 0 bridgehead atoms. The van der Waals surface area contributed by atoms with Crippen molar-refractivity contribution in [1.29, 1.82) is 0 Å². The zero-order chi connectivity index (χ0) is 41.7. The van der Waals surface area contributed by atoms with Crippen LogP contribution in [0.1, 0.15) is 35.6 Å². The van der Waals surface area contributed by atoms with Crippen LogP contribution in [0.15, 0.2) is 206 Å². The third-order valence-electron chi connectivity index (χ3n) is 12.4. The van der Waals surface area contributed by atoms with Gasteiger partial charge in [0.1, 0.15) is 0 Å². The molecule has 5 aromatic carbocycles. The third kappa shape index (κ3) is 7.95. The average Bonchev–Trinajstić information content (AvgIpc) is 3.93. The molecular formula is C57H54N4. The Morgan fingerprint density at radius 2 is 1.56 bits per heavy atom. The fourth-order valence-electron chi connectivity index (χ4n) is 9.42. The minimum atomic E-state index is 0.179. The Kier molecular flexibility index (Phi) is 11.5. The van der Waals surface area contributed by atoms with Crippen molar-refractivity contribution in [1.82, 2.24) is 9.99 Å². The van der Waals surface area contributed by atoms with Gasteiger partial charge in [0.25, 0.3) is 0 Å². The van der Waals surface area contributed by atoms with Crippen molar-refractivity contribution in [2.24, 2.45) is 11.8 Å². The van der Waals surface area contributed by atoms with Gasteiger partial charge in [-0.3, -0.25) is 4.68 Å². The van der Waals surface area contributed by atoms with Gasteiger partial charge in [-0.15, -0.1) is 0 Å². The second kappa shape index (κ2) is 17.8. The number of hydrogen-bond donors (Lipinski definition) is 2. The quantitative estimate of drug-likeness (QED) is 0.136. The smallest absolute Gasteiger partial charge is 0.0706 e. The van der Waals surface area contributed by atoms with Crippen molar-refractivity contribution < 1.29 is 0 Å². The van der Waals surface area contributed by atoms with E-state index in [0.717, 1.165) is 32.6 Å². The summed E-state index contributed by atoms with van der Waals surface area (Å²) in [5.74, 6) is 0.680. The molecule has 2 heterocycles. The fraction of sp³-hybridized carbons (Fsp3) is 0.158. The van der Waals surface area contributed by atoms with E-state index >= 15 is 0 Å².